The first kappa shape index (κ1) is 11.4. The number of rotatable bonds is 1. The lowest BCUT2D eigenvalue weighted by Gasteiger charge is -2.11. The first-order chi connectivity index (χ1) is 7.45. The number of fused-ring (bicyclic) bond motifs is 3. The summed E-state index contributed by atoms with van der Waals surface area (Å²) in [5, 5.41) is 1.48. The molecule has 3 aromatic heterocycles. The highest BCUT2D eigenvalue weighted by atomic mass is 79.9. The zero-order valence-electron chi connectivity index (χ0n) is 9.26. The van der Waals surface area contributed by atoms with Gasteiger partial charge in [-0.1, -0.05) is 19.6 Å². The average molecular weight is 347 g/mol. The van der Waals surface area contributed by atoms with E-state index in [1.54, 1.807) is 4.50 Å². The molecule has 0 aliphatic rings. The number of halogens is 1. The molecule has 84 valence electrons. The summed E-state index contributed by atoms with van der Waals surface area (Å²) in [6, 6.07) is 4.68. The minimum atomic E-state index is -1.14. The van der Waals surface area contributed by atoms with E-state index in [9.17, 15) is 0 Å². The summed E-state index contributed by atoms with van der Waals surface area (Å²) in [5.41, 5.74) is 0. The van der Waals surface area contributed by atoms with Crippen LogP contribution < -0.4 is 4.50 Å². The largest absolute Gasteiger partial charge is 0.134 e. The van der Waals surface area contributed by atoms with Gasteiger partial charge in [0.15, 0.2) is 0 Å². The predicted octanol–water partition coefficient (Wildman–Crippen LogP) is 5.49. The fourth-order valence-electron chi connectivity index (χ4n) is 1.69. The smallest absolute Gasteiger partial charge is 0.0904 e. The van der Waals surface area contributed by atoms with Gasteiger partial charge < -0.3 is 0 Å². The zero-order chi connectivity index (χ0) is 11.5. The molecule has 16 heavy (non-hydrogen) atoms. The Labute approximate surface area is 116 Å². The van der Waals surface area contributed by atoms with Crippen molar-refractivity contribution in [2.75, 3.05) is 0 Å². The molecule has 0 saturated heterocycles. The Morgan fingerprint density at radius 2 is 1.81 bits per heavy atom. The van der Waals surface area contributed by atoms with Crippen molar-refractivity contribution in [3.05, 3.63) is 15.9 Å². The van der Waals surface area contributed by atoms with Crippen molar-refractivity contribution in [2.45, 2.75) is 19.6 Å². The molecule has 0 saturated carbocycles. The highest BCUT2D eigenvalue weighted by Gasteiger charge is 2.21. The molecule has 5 heteroatoms. The third-order valence-corrected chi connectivity index (χ3v) is 10.3. The fraction of sp³-hybridized carbons (Fsp3) is 0.273. The van der Waals surface area contributed by atoms with Gasteiger partial charge in [-0.2, -0.15) is 0 Å². The highest BCUT2D eigenvalue weighted by Crippen LogP contribution is 2.43. The molecular formula is C11H11BrS3Si. The topological polar surface area (TPSA) is 0 Å². The maximum atomic E-state index is 3.57. The lowest BCUT2D eigenvalue weighted by Crippen LogP contribution is -2.34. The summed E-state index contributed by atoms with van der Waals surface area (Å²) in [5.74, 6) is 0. The minimum Gasteiger partial charge on any atom is -0.134 e. The van der Waals surface area contributed by atoms with Gasteiger partial charge in [0.25, 0.3) is 0 Å². The van der Waals surface area contributed by atoms with Gasteiger partial charge in [-0.05, 0) is 32.6 Å². The van der Waals surface area contributed by atoms with Crippen LogP contribution in [-0.2, 0) is 0 Å². The Kier molecular flexibility index (Phi) is 2.60. The molecule has 0 radical (unpaired) electrons. The molecule has 0 amide bonds. The van der Waals surface area contributed by atoms with Gasteiger partial charge in [-0.3, -0.25) is 0 Å². The van der Waals surface area contributed by atoms with Gasteiger partial charge in [-0.15, -0.1) is 34.0 Å². The van der Waals surface area contributed by atoms with Crippen LogP contribution in [0.4, 0.5) is 0 Å². The molecule has 0 spiro atoms. The lowest BCUT2D eigenvalue weighted by atomic mass is 10.4. The Bertz CT molecular complexity index is 668. The van der Waals surface area contributed by atoms with Crippen LogP contribution in [0.25, 0.3) is 18.8 Å². The monoisotopic (exact) mass is 346 g/mol. The first-order valence-corrected chi connectivity index (χ1v) is 11.8. The Hall–Kier alpha value is 0.317. The van der Waals surface area contributed by atoms with Gasteiger partial charge in [0.2, 0.25) is 0 Å². The molecule has 3 aromatic rings. The van der Waals surface area contributed by atoms with Crippen LogP contribution in [0, 0.1) is 0 Å². The average Bonchev–Trinajstić information content (AvgIpc) is 2.72. The van der Waals surface area contributed by atoms with E-state index in [1.807, 2.05) is 34.0 Å². The van der Waals surface area contributed by atoms with E-state index in [2.05, 4.69) is 47.7 Å². The second-order valence-electron chi connectivity index (χ2n) is 4.91. The quantitative estimate of drug-likeness (QED) is 0.511. The van der Waals surface area contributed by atoms with Crippen molar-refractivity contribution >= 4 is 81.3 Å². The second-order valence-corrected chi connectivity index (χ2v) is 15.1. The van der Waals surface area contributed by atoms with Crippen LogP contribution in [0.1, 0.15) is 0 Å². The minimum absolute atomic E-state index is 1.14. The summed E-state index contributed by atoms with van der Waals surface area (Å²) in [4.78, 5) is 0. The fourth-order valence-corrected chi connectivity index (χ4v) is 8.34. The third-order valence-electron chi connectivity index (χ3n) is 2.55. The molecule has 0 aromatic carbocycles. The molecule has 0 bridgehead atoms. The normalized spacial score (nSPS) is 13.0. The van der Waals surface area contributed by atoms with Gasteiger partial charge >= 0.3 is 0 Å². The summed E-state index contributed by atoms with van der Waals surface area (Å²) in [7, 11) is -1.14. The van der Waals surface area contributed by atoms with E-state index in [0.29, 0.717) is 0 Å². The SMILES string of the molecule is C[Si](C)(C)c1cc2c(s1)sc1cc(Br)sc12. The van der Waals surface area contributed by atoms with Crippen LogP contribution >= 0.6 is 49.9 Å². The summed E-state index contributed by atoms with van der Waals surface area (Å²) in [6.07, 6.45) is 0. The maximum Gasteiger partial charge on any atom is 0.0904 e. The van der Waals surface area contributed by atoms with E-state index in [-0.39, 0.29) is 0 Å². The summed E-state index contributed by atoms with van der Waals surface area (Å²) >= 11 is 9.39. The zero-order valence-corrected chi connectivity index (χ0v) is 14.3. The van der Waals surface area contributed by atoms with E-state index < -0.39 is 8.07 Å². The predicted molar refractivity (Wildman–Crippen MR) is 85.8 cm³/mol. The van der Waals surface area contributed by atoms with Crippen LogP contribution in [0.2, 0.25) is 19.6 Å². The molecular weight excluding hydrogens is 336 g/mol. The molecule has 0 nitrogen and oxygen atoms in total. The van der Waals surface area contributed by atoms with Crippen molar-refractivity contribution in [2.24, 2.45) is 0 Å². The van der Waals surface area contributed by atoms with Gasteiger partial charge in [0, 0.05) is 10.1 Å². The Morgan fingerprint density at radius 3 is 2.50 bits per heavy atom. The van der Waals surface area contributed by atoms with Crippen molar-refractivity contribution in [1.82, 2.24) is 0 Å². The second kappa shape index (κ2) is 3.65. The standard InChI is InChI=1S/C11H11BrS3Si/c1-16(2,3)9-4-6-10-7(5-8(12)14-10)13-11(6)15-9/h4-5H,1-3H3. The molecule has 0 fully saturated rings. The van der Waals surface area contributed by atoms with Crippen molar-refractivity contribution in [1.29, 1.82) is 0 Å². The van der Waals surface area contributed by atoms with Crippen LogP contribution in [-0.4, -0.2) is 8.07 Å². The van der Waals surface area contributed by atoms with E-state index in [0.717, 1.165) is 0 Å². The summed E-state index contributed by atoms with van der Waals surface area (Å²) in [6.45, 7) is 7.26. The molecule has 3 heterocycles. The molecule has 3 rings (SSSR count). The Morgan fingerprint density at radius 1 is 1.06 bits per heavy atom. The first-order valence-electron chi connectivity index (χ1n) is 5.07. The van der Waals surface area contributed by atoms with E-state index >= 15 is 0 Å². The van der Waals surface area contributed by atoms with E-state index in [4.69, 9.17) is 0 Å². The van der Waals surface area contributed by atoms with Crippen molar-refractivity contribution in [3.8, 4) is 0 Å². The maximum absolute atomic E-state index is 3.57. The molecule has 0 aliphatic heterocycles. The number of hydrogen-bond donors (Lipinski definition) is 0. The third kappa shape index (κ3) is 1.73. The molecule has 0 aliphatic carbocycles. The van der Waals surface area contributed by atoms with Crippen molar-refractivity contribution in [3.63, 3.8) is 0 Å². The number of thiophene rings is 3. The Balaban J connectivity index is 2.32. The molecule has 0 atom stereocenters. The molecule has 0 unspecified atom stereocenters. The summed E-state index contributed by atoms with van der Waals surface area (Å²) < 4.78 is 7.27. The van der Waals surface area contributed by atoms with Crippen molar-refractivity contribution < 1.29 is 0 Å². The van der Waals surface area contributed by atoms with Gasteiger partial charge in [-0.25, -0.2) is 0 Å². The van der Waals surface area contributed by atoms with Crippen LogP contribution in [0.3, 0.4) is 0 Å². The lowest BCUT2D eigenvalue weighted by molar-refractivity contribution is 1.79. The van der Waals surface area contributed by atoms with Crippen LogP contribution in [0.5, 0.6) is 0 Å². The van der Waals surface area contributed by atoms with Gasteiger partial charge in [0.05, 0.1) is 20.6 Å². The molecule has 0 N–H and O–H groups in total. The number of hydrogen-bond acceptors (Lipinski definition) is 3. The van der Waals surface area contributed by atoms with Crippen LogP contribution in [0.15, 0.2) is 15.9 Å². The van der Waals surface area contributed by atoms with E-state index in [1.165, 1.54) is 22.6 Å². The van der Waals surface area contributed by atoms with Gasteiger partial charge in [0.1, 0.15) is 0 Å². The highest BCUT2D eigenvalue weighted by molar-refractivity contribution is 9.11.